The average molecular weight is 283 g/mol. The number of carbonyl (C=O) groups is 1. The van der Waals surface area contributed by atoms with Gasteiger partial charge in [-0.05, 0) is 37.6 Å². The second-order valence-electron chi connectivity index (χ2n) is 4.16. The van der Waals surface area contributed by atoms with E-state index < -0.39 is 12.0 Å². The van der Waals surface area contributed by atoms with E-state index in [4.69, 9.17) is 9.84 Å². The van der Waals surface area contributed by atoms with E-state index in [0.717, 1.165) is 29.4 Å². The van der Waals surface area contributed by atoms with Crippen LogP contribution in [0.1, 0.15) is 19.8 Å². The molecule has 4 nitrogen and oxygen atoms in total. The fraction of sp³-hybridized carbons (Fsp3) is 0.500. The zero-order valence-electron chi connectivity index (χ0n) is 11.4. The van der Waals surface area contributed by atoms with Crippen LogP contribution in [-0.4, -0.2) is 36.5 Å². The number of rotatable bonds is 9. The lowest BCUT2D eigenvalue weighted by molar-refractivity contribution is -0.139. The van der Waals surface area contributed by atoms with Gasteiger partial charge in [-0.1, -0.05) is 13.0 Å². The van der Waals surface area contributed by atoms with Crippen LogP contribution in [0.3, 0.4) is 0 Å². The maximum atomic E-state index is 11.1. The van der Waals surface area contributed by atoms with E-state index in [0.29, 0.717) is 6.42 Å². The summed E-state index contributed by atoms with van der Waals surface area (Å²) in [4.78, 5) is 12.2. The molecule has 2 N–H and O–H groups in total. The van der Waals surface area contributed by atoms with Crippen molar-refractivity contribution in [2.45, 2.75) is 30.7 Å². The van der Waals surface area contributed by atoms with Gasteiger partial charge in [0.25, 0.3) is 0 Å². The van der Waals surface area contributed by atoms with Gasteiger partial charge in [-0.2, -0.15) is 0 Å². The summed E-state index contributed by atoms with van der Waals surface area (Å²) in [7, 11) is 1.64. The lowest BCUT2D eigenvalue weighted by atomic mass is 10.2. The van der Waals surface area contributed by atoms with Crippen molar-refractivity contribution in [3.05, 3.63) is 24.3 Å². The summed E-state index contributed by atoms with van der Waals surface area (Å²) in [5.74, 6) is 0.810. The number of nitrogens with one attached hydrogen (secondary N) is 1. The Morgan fingerprint density at radius 1 is 1.53 bits per heavy atom. The number of carboxylic acids is 1. The molecule has 19 heavy (non-hydrogen) atoms. The van der Waals surface area contributed by atoms with Crippen molar-refractivity contribution in [1.29, 1.82) is 0 Å². The third-order valence-electron chi connectivity index (χ3n) is 2.66. The van der Waals surface area contributed by atoms with E-state index in [9.17, 15) is 4.79 Å². The SMILES string of the molecule is CCCNC(CCSc1cccc(OC)c1)C(=O)O. The summed E-state index contributed by atoms with van der Waals surface area (Å²) >= 11 is 1.65. The molecule has 0 spiro atoms. The van der Waals surface area contributed by atoms with Crippen molar-refractivity contribution in [2.24, 2.45) is 0 Å². The first-order valence-electron chi connectivity index (χ1n) is 6.40. The Hall–Kier alpha value is -1.20. The van der Waals surface area contributed by atoms with Gasteiger partial charge in [-0.25, -0.2) is 0 Å². The third kappa shape index (κ3) is 5.98. The maximum absolute atomic E-state index is 11.1. The molecule has 0 aliphatic carbocycles. The Morgan fingerprint density at radius 3 is 2.95 bits per heavy atom. The van der Waals surface area contributed by atoms with Crippen LogP contribution in [-0.2, 0) is 4.79 Å². The smallest absolute Gasteiger partial charge is 0.320 e. The summed E-state index contributed by atoms with van der Waals surface area (Å²) < 4.78 is 5.15. The minimum atomic E-state index is -0.778. The molecule has 1 aromatic rings. The highest BCUT2D eigenvalue weighted by Gasteiger charge is 2.15. The molecule has 0 aliphatic rings. The third-order valence-corrected chi connectivity index (χ3v) is 3.68. The lowest BCUT2D eigenvalue weighted by Crippen LogP contribution is -2.37. The molecule has 1 rings (SSSR count). The standard InChI is InChI=1S/C14H21NO3S/c1-3-8-15-13(14(16)17)7-9-19-12-6-4-5-11(10-12)18-2/h4-6,10,13,15H,3,7-9H2,1-2H3,(H,16,17). The van der Waals surface area contributed by atoms with Gasteiger partial charge in [0.05, 0.1) is 7.11 Å². The highest BCUT2D eigenvalue weighted by molar-refractivity contribution is 7.99. The zero-order valence-corrected chi connectivity index (χ0v) is 12.2. The molecule has 0 radical (unpaired) electrons. The molecule has 0 saturated heterocycles. The Labute approximate surface area is 118 Å². The molecular weight excluding hydrogens is 262 g/mol. The summed E-state index contributed by atoms with van der Waals surface area (Å²) in [6.07, 6.45) is 1.55. The van der Waals surface area contributed by atoms with Crippen molar-refractivity contribution in [1.82, 2.24) is 5.32 Å². The average Bonchev–Trinajstić information content (AvgIpc) is 2.42. The highest BCUT2D eigenvalue weighted by Crippen LogP contribution is 2.23. The van der Waals surface area contributed by atoms with Crippen molar-refractivity contribution < 1.29 is 14.6 Å². The van der Waals surface area contributed by atoms with Crippen LogP contribution in [0.15, 0.2) is 29.2 Å². The van der Waals surface area contributed by atoms with Gasteiger partial charge in [0, 0.05) is 10.6 Å². The quantitative estimate of drug-likeness (QED) is 0.682. The molecule has 0 bridgehead atoms. The van der Waals surface area contributed by atoms with E-state index >= 15 is 0 Å². The van der Waals surface area contributed by atoms with Crippen LogP contribution in [0.2, 0.25) is 0 Å². The van der Waals surface area contributed by atoms with E-state index in [1.165, 1.54) is 0 Å². The number of ether oxygens (including phenoxy) is 1. The lowest BCUT2D eigenvalue weighted by Gasteiger charge is -2.13. The Kier molecular flexibility index (Phi) is 7.36. The predicted molar refractivity (Wildman–Crippen MR) is 78.1 cm³/mol. The molecule has 5 heteroatoms. The predicted octanol–water partition coefficient (Wildman–Crippen LogP) is 2.63. The van der Waals surface area contributed by atoms with Gasteiger partial charge in [0.15, 0.2) is 0 Å². The highest BCUT2D eigenvalue weighted by atomic mass is 32.2. The first kappa shape index (κ1) is 15.9. The molecule has 0 amide bonds. The zero-order chi connectivity index (χ0) is 14.1. The van der Waals surface area contributed by atoms with Crippen LogP contribution in [0, 0.1) is 0 Å². The summed E-state index contributed by atoms with van der Waals surface area (Å²) in [5.41, 5.74) is 0. The van der Waals surface area contributed by atoms with Gasteiger partial charge in [-0.15, -0.1) is 11.8 Å². The molecule has 0 heterocycles. The molecule has 1 atom stereocenters. The number of methoxy groups -OCH3 is 1. The minimum Gasteiger partial charge on any atom is -0.497 e. The van der Waals surface area contributed by atoms with Crippen molar-refractivity contribution >= 4 is 17.7 Å². The maximum Gasteiger partial charge on any atom is 0.320 e. The van der Waals surface area contributed by atoms with Crippen LogP contribution < -0.4 is 10.1 Å². The Morgan fingerprint density at radius 2 is 2.32 bits per heavy atom. The van der Waals surface area contributed by atoms with Gasteiger partial charge < -0.3 is 15.2 Å². The van der Waals surface area contributed by atoms with Crippen molar-refractivity contribution in [3.8, 4) is 5.75 Å². The van der Waals surface area contributed by atoms with E-state index in [-0.39, 0.29) is 0 Å². The number of benzene rings is 1. The van der Waals surface area contributed by atoms with Crippen LogP contribution in [0.4, 0.5) is 0 Å². The van der Waals surface area contributed by atoms with Crippen LogP contribution >= 0.6 is 11.8 Å². The number of hydrogen-bond donors (Lipinski definition) is 2. The number of carboxylic acid groups (broad SMARTS) is 1. The summed E-state index contributed by atoms with van der Waals surface area (Å²) in [6, 6.07) is 7.33. The van der Waals surface area contributed by atoms with Crippen LogP contribution in [0.5, 0.6) is 5.75 Å². The molecule has 1 aromatic carbocycles. The largest absolute Gasteiger partial charge is 0.497 e. The van der Waals surface area contributed by atoms with Crippen molar-refractivity contribution in [3.63, 3.8) is 0 Å². The monoisotopic (exact) mass is 283 g/mol. The molecule has 1 unspecified atom stereocenters. The van der Waals surface area contributed by atoms with Gasteiger partial charge >= 0.3 is 5.97 Å². The number of hydrogen-bond acceptors (Lipinski definition) is 4. The molecule has 0 aliphatic heterocycles. The van der Waals surface area contributed by atoms with Gasteiger partial charge in [0.1, 0.15) is 11.8 Å². The molecule has 0 fully saturated rings. The molecule has 106 valence electrons. The molecule has 0 aromatic heterocycles. The molecule has 0 saturated carbocycles. The first-order valence-corrected chi connectivity index (χ1v) is 7.39. The fourth-order valence-corrected chi connectivity index (χ4v) is 2.58. The van der Waals surface area contributed by atoms with Gasteiger partial charge in [-0.3, -0.25) is 4.79 Å². The van der Waals surface area contributed by atoms with Crippen molar-refractivity contribution in [2.75, 3.05) is 19.4 Å². The van der Waals surface area contributed by atoms with E-state index in [2.05, 4.69) is 5.32 Å². The van der Waals surface area contributed by atoms with Crippen LogP contribution in [0.25, 0.3) is 0 Å². The minimum absolute atomic E-state index is 0.460. The Balaban J connectivity index is 2.40. The normalized spacial score (nSPS) is 12.1. The first-order chi connectivity index (χ1) is 9.17. The summed E-state index contributed by atoms with van der Waals surface area (Å²) in [6.45, 7) is 2.76. The topological polar surface area (TPSA) is 58.6 Å². The van der Waals surface area contributed by atoms with E-state index in [1.807, 2.05) is 31.2 Å². The number of aliphatic carboxylic acids is 1. The van der Waals surface area contributed by atoms with Gasteiger partial charge in [0.2, 0.25) is 0 Å². The second-order valence-corrected chi connectivity index (χ2v) is 5.33. The van der Waals surface area contributed by atoms with E-state index in [1.54, 1.807) is 18.9 Å². The Bertz CT molecular complexity index is 398. The molecular formula is C14H21NO3S. The fourth-order valence-electron chi connectivity index (χ4n) is 1.62. The second kappa shape index (κ2) is 8.82. The number of thioether (sulfide) groups is 1. The summed E-state index contributed by atoms with van der Waals surface area (Å²) in [5, 5.41) is 12.1.